The van der Waals surface area contributed by atoms with Gasteiger partial charge in [-0.1, -0.05) is 12.1 Å². The van der Waals surface area contributed by atoms with Gasteiger partial charge in [0.25, 0.3) is 0 Å². The highest BCUT2D eigenvalue weighted by Crippen LogP contribution is 2.35. The first kappa shape index (κ1) is 15.3. The first-order chi connectivity index (χ1) is 8.67. The molecule has 106 valence electrons. The molecule has 4 nitrogen and oxygen atoms in total. The predicted molar refractivity (Wildman–Crippen MR) is 61.6 cm³/mol. The quantitative estimate of drug-likeness (QED) is 0.792. The maximum Gasteiger partial charge on any atom is 0.405 e. The molecule has 0 spiro atoms. The van der Waals surface area contributed by atoms with E-state index in [2.05, 4.69) is 0 Å². The zero-order valence-corrected chi connectivity index (χ0v) is 10.3. The van der Waals surface area contributed by atoms with E-state index in [-0.39, 0.29) is 5.56 Å². The van der Waals surface area contributed by atoms with Crippen LogP contribution in [0.25, 0.3) is 0 Å². The molecule has 0 aliphatic heterocycles. The lowest BCUT2D eigenvalue weighted by Gasteiger charge is -2.22. The number of carbonyl (C=O) groups is 1. The van der Waals surface area contributed by atoms with Crippen molar-refractivity contribution < 1.29 is 28.2 Å². The zero-order chi connectivity index (χ0) is 14.8. The molecule has 0 aromatic heterocycles. The standard InChI is InChI=1S/C12H14F3NO3/c1-6(16-11(18)19)8-4-3-5-9(10(8)13)12(14,15)7(2)17/h3-7,16-17H,1-2H3,(H,18,19). The third kappa shape index (κ3) is 3.17. The Bertz CT molecular complexity index is 477. The summed E-state index contributed by atoms with van der Waals surface area (Å²) in [6, 6.07) is 2.27. The number of carboxylic acid groups (broad SMARTS) is 1. The summed E-state index contributed by atoms with van der Waals surface area (Å²) in [7, 11) is 0. The summed E-state index contributed by atoms with van der Waals surface area (Å²) in [6.45, 7) is 2.18. The summed E-state index contributed by atoms with van der Waals surface area (Å²) < 4.78 is 41.2. The van der Waals surface area contributed by atoms with E-state index in [1.54, 1.807) is 0 Å². The van der Waals surface area contributed by atoms with Crippen molar-refractivity contribution in [1.82, 2.24) is 5.32 Å². The number of hydrogen-bond donors (Lipinski definition) is 3. The van der Waals surface area contributed by atoms with Crippen molar-refractivity contribution in [2.75, 3.05) is 0 Å². The Morgan fingerprint density at radius 1 is 1.37 bits per heavy atom. The Morgan fingerprint density at radius 3 is 2.42 bits per heavy atom. The molecule has 0 radical (unpaired) electrons. The van der Waals surface area contributed by atoms with Crippen LogP contribution in [0.3, 0.4) is 0 Å². The number of alkyl halides is 2. The largest absolute Gasteiger partial charge is 0.465 e. The third-order valence-corrected chi connectivity index (χ3v) is 2.72. The molecule has 0 fully saturated rings. The number of nitrogens with one attached hydrogen (secondary N) is 1. The lowest BCUT2D eigenvalue weighted by atomic mass is 9.98. The Morgan fingerprint density at radius 2 is 1.95 bits per heavy atom. The minimum Gasteiger partial charge on any atom is -0.465 e. The SMILES string of the molecule is CC(NC(=O)O)c1cccc(C(F)(F)C(C)O)c1F. The second kappa shape index (κ2) is 5.48. The van der Waals surface area contributed by atoms with Gasteiger partial charge in [0, 0.05) is 5.56 Å². The second-order valence-corrected chi connectivity index (χ2v) is 4.18. The van der Waals surface area contributed by atoms with Crippen LogP contribution in [-0.4, -0.2) is 22.4 Å². The van der Waals surface area contributed by atoms with Crippen molar-refractivity contribution in [3.05, 3.63) is 35.1 Å². The fourth-order valence-corrected chi connectivity index (χ4v) is 1.63. The van der Waals surface area contributed by atoms with Crippen molar-refractivity contribution in [2.45, 2.75) is 31.9 Å². The van der Waals surface area contributed by atoms with Gasteiger partial charge in [-0.25, -0.2) is 9.18 Å². The maximum absolute atomic E-state index is 14.0. The highest BCUT2D eigenvalue weighted by atomic mass is 19.3. The van der Waals surface area contributed by atoms with Gasteiger partial charge in [-0.3, -0.25) is 0 Å². The Balaban J connectivity index is 3.22. The van der Waals surface area contributed by atoms with Crippen LogP contribution in [-0.2, 0) is 5.92 Å². The summed E-state index contributed by atoms with van der Waals surface area (Å²) in [6.07, 6.45) is -3.44. The number of aliphatic hydroxyl groups is 1. The van der Waals surface area contributed by atoms with E-state index in [4.69, 9.17) is 10.2 Å². The van der Waals surface area contributed by atoms with Crippen molar-refractivity contribution in [3.8, 4) is 0 Å². The van der Waals surface area contributed by atoms with Crippen LogP contribution in [0.1, 0.15) is 31.0 Å². The molecule has 2 atom stereocenters. The van der Waals surface area contributed by atoms with Crippen molar-refractivity contribution >= 4 is 6.09 Å². The molecule has 0 aliphatic rings. The van der Waals surface area contributed by atoms with Crippen molar-refractivity contribution in [2.24, 2.45) is 0 Å². The van der Waals surface area contributed by atoms with Crippen LogP contribution >= 0.6 is 0 Å². The molecule has 0 bridgehead atoms. The van der Waals surface area contributed by atoms with E-state index in [0.29, 0.717) is 0 Å². The number of rotatable bonds is 4. The highest BCUT2D eigenvalue weighted by molar-refractivity contribution is 5.65. The van der Waals surface area contributed by atoms with E-state index in [1.165, 1.54) is 19.1 Å². The van der Waals surface area contributed by atoms with E-state index in [9.17, 15) is 18.0 Å². The molecule has 0 heterocycles. The molecule has 7 heteroatoms. The molecule has 1 amide bonds. The minimum absolute atomic E-state index is 0.208. The molecule has 0 aliphatic carbocycles. The van der Waals surface area contributed by atoms with Crippen molar-refractivity contribution in [3.63, 3.8) is 0 Å². The van der Waals surface area contributed by atoms with E-state index >= 15 is 0 Å². The van der Waals surface area contributed by atoms with Gasteiger partial charge in [-0.05, 0) is 19.9 Å². The predicted octanol–water partition coefficient (Wildman–Crippen LogP) is 2.63. The lowest BCUT2D eigenvalue weighted by molar-refractivity contribution is -0.108. The van der Waals surface area contributed by atoms with Crippen LogP contribution < -0.4 is 5.32 Å². The van der Waals surface area contributed by atoms with Gasteiger partial charge in [-0.15, -0.1) is 0 Å². The minimum atomic E-state index is -3.75. The van der Waals surface area contributed by atoms with E-state index < -0.39 is 35.5 Å². The number of benzene rings is 1. The molecular weight excluding hydrogens is 263 g/mol. The van der Waals surface area contributed by atoms with Gasteiger partial charge in [0.15, 0.2) is 0 Å². The van der Waals surface area contributed by atoms with Crippen LogP contribution in [0.15, 0.2) is 18.2 Å². The number of halogens is 3. The summed E-state index contributed by atoms with van der Waals surface area (Å²) in [5.74, 6) is -4.97. The topological polar surface area (TPSA) is 69.6 Å². The lowest BCUT2D eigenvalue weighted by Crippen LogP contribution is -2.31. The number of aliphatic hydroxyl groups excluding tert-OH is 1. The van der Waals surface area contributed by atoms with E-state index in [1.807, 2.05) is 5.32 Å². The number of amides is 1. The molecule has 0 saturated carbocycles. The first-order valence-corrected chi connectivity index (χ1v) is 5.52. The zero-order valence-electron chi connectivity index (χ0n) is 10.3. The molecule has 3 N–H and O–H groups in total. The average Bonchev–Trinajstić information content (AvgIpc) is 2.27. The summed E-state index contributed by atoms with van der Waals surface area (Å²) in [4.78, 5) is 10.5. The molecule has 1 aromatic carbocycles. The van der Waals surface area contributed by atoms with Crippen LogP contribution in [0.5, 0.6) is 0 Å². The number of hydrogen-bond acceptors (Lipinski definition) is 2. The second-order valence-electron chi connectivity index (χ2n) is 4.18. The summed E-state index contributed by atoms with van der Waals surface area (Å²) >= 11 is 0. The molecule has 1 aromatic rings. The smallest absolute Gasteiger partial charge is 0.405 e. The van der Waals surface area contributed by atoms with Crippen LogP contribution in [0.4, 0.5) is 18.0 Å². The Hall–Kier alpha value is -1.76. The fraction of sp³-hybridized carbons (Fsp3) is 0.417. The van der Waals surface area contributed by atoms with Gasteiger partial charge in [-0.2, -0.15) is 8.78 Å². The average molecular weight is 277 g/mol. The third-order valence-electron chi connectivity index (χ3n) is 2.72. The molecule has 1 rings (SSSR count). The Labute approximate surface area is 107 Å². The molecular formula is C12H14F3NO3. The normalized spacial score (nSPS) is 14.8. The monoisotopic (exact) mass is 277 g/mol. The molecule has 19 heavy (non-hydrogen) atoms. The van der Waals surface area contributed by atoms with Gasteiger partial charge in [0.2, 0.25) is 0 Å². The molecule has 2 unspecified atom stereocenters. The molecule has 0 saturated heterocycles. The van der Waals surface area contributed by atoms with Gasteiger partial charge in [0.1, 0.15) is 11.9 Å². The fourth-order valence-electron chi connectivity index (χ4n) is 1.63. The Kier molecular flexibility index (Phi) is 4.41. The van der Waals surface area contributed by atoms with Gasteiger partial charge < -0.3 is 15.5 Å². The summed E-state index contributed by atoms with van der Waals surface area (Å²) in [5, 5.41) is 19.5. The van der Waals surface area contributed by atoms with Crippen LogP contribution in [0.2, 0.25) is 0 Å². The highest BCUT2D eigenvalue weighted by Gasteiger charge is 2.40. The maximum atomic E-state index is 14.0. The summed E-state index contributed by atoms with van der Waals surface area (Å²) in [5.41, 5.74) is -1.17. The van der Waals surface area contributed by atoms with E-state index in [0.717, 1.165) is 13.0 Å². The van der Waals surface area contributed by atoms with Gasteiger partial charge in [0.05, 0.1) is 11.6 Å². The first-order valence-electron chi connectivity index (χ1n) is 5.52. The van der Waals surface area contributed by atoms with Crippen molar-refractivity contribution in [1.29, 1.82) is 0 Å². The van der Waals surface area contributed by atoms with Gasteiger partial charge >= 0.3 is 12.0 Å². The van der Waals surface area contributed by atoms with Crippen LogP contribution in [0, 0.1) is 5.82 Å².